The third-order valence-corrected chi connectivity index (χ3v) is 7.80. The first-order valence-electron chi connectivity index (χ1n) is 8.01. The zero-order chi connectivity index (χ0) is 15.7. The van der Waals surface area contributed by atoms with Gasteiger partial charge in [0, 0.05) is 36.1 Å². The molecule has 2 aromatic rings. The van der Waals surface area contributed by atoms with Crippen LogP contribution in [0.3, 0.4) is 0 Å². The van der Waals surface area contributed by atoms with Crippen molar-refractivity contribution >= 4 is 38.2 Å². The molecule has 0 saturated carbocycles. The molecule has 1 fully saturated rings. The number of aryl methyl sites for hydroxylation is 1. The normalized spacial score (nSPS) is 21.4. The Morgan fingerprint density at radius 1 is 1.32 bits per heavy atom. The summed E-state index contributed by atoms with van der Waals surface area (Å²) >= 11 is 1.67. The number of nitrogens with zero attached hydrogens (tertiary/aromatic N) is 3. The van der Waals surface area contributed by atoms with Gasteiger partial charge in [0.15, 0.2) is 0 Å². The van der Waals surface area contributed by atoms with E-state index in [1.54, 1.807) is 11.3 Å². The number of hydrogen-bond donors (Lipinski definition) is 0. The second kappa shape index (κ2) is 6.24. The van der Waals surface area contributed by atoms with Gasteiger partial charge in [-0.15, -0.1) is 11.3 Å². The summed E-state index contributed by atoms with van der Waals surface area (Å²) in [6, 6.07) is 2.11. The average molecular weight is 338 g/mol. The summed E-state index contributed by atoms with van der Waals surface area (Å²) in [7, 11) is -0.745. The van der Waals surface area contributed by atoms with Gasteiger partial charge in [0.05, 0.1) is 10.1 Å². The van der Waals surface area contributed by atoms with Crippen molar-refractivity contribution in [1.82, 2.24) is 9.97 Å². The molecule has 4 nitrogen and oxygen atoms in total. The highest BCUT2D eigenvalue weighted by Gasteiger charge is 2.39. The van der Waals surface area contributed by atoms with Gasteiger partial charge >= 0.3 is 0 Å². The lowest BCUT2D eigenvalue weighted by Crippen LogP contribution is -2.53. The van der Waals surface area contributed by atoms with Crippen LogP contribution in [0.15, 0.2) is 11.4 Å². The second-order valence-electron chi connectivity index (χ2n) is 5.82. The Balaban J connectivity index is 2.04. The lowest BCUT2D eigenvalue weighted by atomic mass is 10.0. The highest BCUT2D eigenvalue weighted by molar-refractivity contribution is 7.86. The van der Waals surface area contributed by atoms with E-state index in [1.807, 2.05) is 0 Å². The number of thiophene rings is 1. The fourth-order valence-electron chi connectivity index (χ4n) is 3.17. The molecule has 120 valence electrons. The maximum absolute atomic E-state index is 12.5. The Morgan fingerprint density at radius 2 is 2.09 bits per heavy atom. The Hall–Kier alpha value is -1.01. The smallest absolute Gasteiger partial charge is 0.141 e. The molecule has 3 heterocycles. The molecule has 1 atom stereocenters. The third-order valence-electron chi connectivity index (χ3n) is 4.76. The molecule has 0 N–H and O–H groups in total. The summed E-state index contributed by atoms with van der Waals surface area (Å²) in [5, 5.41) is 3.22. The van der Waals surface area contributed by atoms with Crippen molar-refractivity contribution in [2.24, 2.45) is 0 Å². The van der Waals surface area contributed by atoms with E-state index in [0.29, 0.717) is 0 Å². The predicted molar refractivity (Wildman–Crippen MR) is 95.3 cm³/mol. The molecule has 3 rings (SSSR count). The lowest BCUT2D eigenvalue weighted by molar-refractivity contribution is 0.495. The molecule has 6 heteroatoms. The summed E-state index contributed by atoms with van der Waals surface area (Å²) in [5.74, 6) is 2.67. The van der Waals surface area contributed by atoms with Crippen LogP contribution in [0.5, 0.6) is 0 Å². The molecule has 1 saturated heterocycles. The number of aromatic nitrogens is 2. The molecule has 0 spiro atoms. The molecular formula is C16H23N3OS2. The Bertz CT molecular complexity index is 694. The van der Waals surface area contributed by atoms with E-state index in [-0.39, 0.29) is 4.75 Å². The van der Waals surface area contributed by atoms with Crippen LogP contribution in [0.25, 0.3) is 10.2 Å². The minimum Gasteiger partial charge on any atom is -0.354 e. The van der Waals surface area contributed by atoms with Crippen LogP contribution in [0.2, 0.25) is 0 Å². The minimum absolute atomic E-state index is 0.0993. The Kier molecular flexibility index (Phi) is 4.50. The van der Waals surface area contributed by atoms with Crippen LogP contribution in [-0.4, -0.2) is 37.8 Å². The number of fused-ring (bicyclic) bond motifs is 1. The van der Waals surface area contributed by atoms with Gasteiger partial charge in [-0.25, -0.2) is 9.97 Å². The van der Waals surface area contributed by atoms with Gasteiger partial charge in [-0.05, 0) is 24.3 Å². The molecule has 2 aromatic heterocycles. The minimum atomic E-state index is -0.745. The van der Waals surface area contributed by atoms with Crippen molar-refractivity contribution in [3.63, 3.8) is 0 Å². The van der Waals surface area contributed by atoms with Crippen molar-refractivity contribution in [2.75, 3.05) is 23.7 Å². The maximum atomic E-state index is 12.5. The lowest BCUT2D eigenvalue weighted by Gasteiger charge is -2.41. The number of rotatable bonds is 4. The van der Waals surface area contributed by atoms with E-state index >= 15 is 0 Å². The molecule has 1 aliphatic rings. The fraction of sp³-hybridized carbons (Fsp3) is 0.625. The van der Waals surface area contributed by atoms with E-state index in [4.69, 9.17) is 4.98 Å². The molecule has 0 aromatic carbocycles. The van der Waals surface area contributed by atoms with Crippen LogP contribution < -0.4 is 4.90 Å². The SMILES string of the molecule is CCc1nc(N2CCS(=O)C(CC)(CC)C2)c2ccsc2n1. The first kappa shape index (κ1) is 15.9. The van der Waals surface area contributed by atoms with Gasteiger partial charge in [0.2, 0.25) is 0 Å². The topological polar surface area (TPSA) is 46.1 Å². The highest BCUT2D eigenvalue weighted by atomic mass is 32.2. The zero-order valence-electron chi connectivity index (χ0n) is 13.5. The van der Waals surface area contributed by atoms with Gasteiger partial charge in [-0.1, -0.05) is 20.8 Å². The molecule has 0 radical (unpaired) electrons. The summed E-state index contributed by atoms with van der Waals surface area (Å²) < 4.78 is 12.4. The molecule has 1 unspecified atom stereocenters. The molecule has 1 aliphatic heterocycles. The van der Waals surface area contributed by atoms with Crippen LogP contribution >= 0.6 is 11.3 Å². The second-order valence-corrected chi connectivity index (χ2v) is 8.68. The van der Waals surface area contributed by atoms with E-state index in [9.17, 15) is 4.21 Å². The quantitative estimate of drug-likeness (QED) is 0.858. The predicted octanol–water partition coefficient (Wildman–Crippen LogP) is 3.38. The Morgan fingerprint density at radius 3 is 2.77 bits per heavy atom. The largest absolute Gasteiger partial charge is 0.354 e. The molecule has 0 amide bonds. The highest BCUT2D eigenvalue weighted by Crippen LogP contribution is 2.34. The van der Waals surface area contributed by atoms with Gasteiger partial charge in [0.1, 0.15) is 16.5 Å². The zero-order valence-corrected chi connectivity index (χ0v) is 15.1. The first-order chi connectivity index (χ1) is 10.6. The fourth-order valence-corrected chi connectivity index (χ4v) is 5.71. The average Bonchev–Trinajstić information content (AvgIpc) is 3.03. The van der Waals surface area contributed by atoms with E-state index in [2.05, 4.69) is 42.1 Å². The van der Waals surface area contributed by atoms with E-state index in [0.717, 1.165) is 60.0 Å². The molecule has 0 aliphatic carbocycles. The van der Waals surface area contributed by atoms with E-state index < -0.39 is 10.8 Å². The summed E-state index contributed by atoms with van der Waals surface area (Å²) in [6.45, 7) is 8.05. The third kappa shape index (κ3) is 2.56. The summed E-state index contributed by atoms with van der Waals surface area (Å²) in [4.78, 5) is 12.8. The standard InChI is InChI=1S/C16H23N3OS2/c1-4-13-17-14(12-7-9-21-15(12)18-13)19-8-10-22(20)16(5-2,6-3)11-19/h7,9H,4-6,8,10-11H2,1-3H3. The van der Waals surface area contributed by atoms with Crippen LogP contribution in [0.4, 0.5) is 5.82 Å². The summed E-state index contributed by atoms with van der Waals surface area (Å²) in [6.07, 6.45) is 2.74. The van der Waals surface area contributed by atoms with Crippen molar-refractivity contribution in [2.45, 2.75) is 44.8 Å². The van der Waals surface area contributed by atoms with Crippen LogP contribution in [0.1, 0.15) is 39.4 Å². The molecular weight excluding hydrogens is 314 g/mol. The van der Waals surface area contributed by atoms with Gasteiger partial charge in [0.25, 0.3) is 0 Å². The van der Waals surface area contributed by atoms with Gasteiger partial charge < -0.3 is 4.90 Å². The number of hydrogen-bond acceptors (Lipinski definition) is 5. The van der Waals surface area contributed by atoms with Crippen molar-refractivity contribution < 1.29 is 4.21 Å². The van der Waals surface area contributed by atoms with Gasteiger partial charge in [-0.3, -0.25) is 4.21 Å². The van der Waals surface area contributed by atoms with Gasteiger partial charge in [-0.2, -0.15) is 0 Å². The molecule has 22 heavy (non-hydrogen) atoms. The van der Waals surface area contributed by atoms with Crippen molar-refractivity contribution in [1.29, 1.82) is 0 Å². The first-order valence-corrected chi connectivity index (χ1v) is 10.2. The monoisotopic (exact) mass is 337 g/mol. The van der Waals surface area contributed by atoms with Crippen LogP contribution in [-0.2, 0) is 17.2 Å². The van der Waals surface area contributed by atoms with Crippen molar-refractivity contribution in [3.8, 4) is 0 Å². The van der Waals surface area contributed by atoms with E-state index in [1.165, 1.54) is 0 Å². The molecule has 0 bridgehead atoms. The van der Waals surface area contributed by atoms with Crippen LogP contribution in [0, 0.1) is 0 Å². The summed E-state index contributed by atoms with van der Waals surface area (Å²) in [5.41, 5.74) is 0. The maximum Gasteiger partial charge on any atom is 0.141 e. The van der Waals surface area contributed by atoms with Crippen molar-refractivity contribution in [3.05, 3.63) is 17.3 Å². The number of anilines is 1. The Labute approximate surface area is 138 Å².